The van der Waals surface area contributed by atoms with Crippen molar-refractivity contribution in [3.63, 3.8) is 0 Å². The summed E-state index contributed by atoms with van der Waals surface area (Å²) in [5, 5.41) is 3.90. The topological polar surface area (TPSA) is 43.3 Å². The Hall–Kier alpha value is -1.81. The summed E-state index contributed by atoms with van der Waals surface area (Å²) in [5.41, 5.74) is 2.28. The predicted molar refractivity (Wildman–Crippen MR) is 78.8 cm³/mol. The molecule has 2 heterocycles. The van der Waals surface area contributed by atoms with Gasteiger partial charge in [-0.25, -0.2) is 0 Å². The summed E-state index contributed by atoms with van der Waals surface area (Å²) in [4.78, 5) is 11.5. The number of carbonyl (C=O) groups excluding carboxylic acids is 1. The fourth-order valence-corrected chi connectivity index (χ4v) is 2.86. The van der Waals surface area contributed by atoms with E-state index >= 15 is 0 Å². The third kappa shape index (κ3) is 2.56. The van der Waals surface area contributed by atoms with Gasteiger partial charge in [0.15, 0.2) is 0 Å². The first-order valence-electron chi connectivity index (χ1n) is 7.16. The third-order valence-corrected chi connectivity index (χ3v) is 4.02. The van der Waals surface area contributed by atoms with Crippen molar-refractivity contribution in [2.45, 2.75) is 25.3 Å². The van der Waals surface area contributed by atoms with Gasteiger partial charge < -0.3 is 14.6 Å². The van der Waals surface area contributed by atoms with Gasteiger partial charge in [-0.3, -0.25) is 4.79 Å². The van der Waals surface area contributed by atoms with Gasteiger partial charge in [0.05, 0.1) is 6.42 Å². The molecule has 0 spiro atoms. The standard InChI is InChI=1S/C16H20N2O2/c1-17-16(19)11-12-2-3-13-4-7-18(15(13)10-12)14-5-8-20-9-6-14/h2-4,7,10,14H,5-6,8-9,11H2,1H3,(H,17,19). The molecular weight excluding hydrogens is 252 g/mol. The molecular formula is C16H20N2O2. The summed E-state index contributed by atoms with van der Waals surface area (Å²) < 4.78 is 7.77. The zero-order valence-electron chi connectivity index (χ0n) is 11.8. The van der Waals surface area contributed by atoms with E-state index in [4.69, 9.17) is 4.74 Å². The lowest BCUT2D eigenvalue weighted by atomic mass is 10.1. The highest BCUT2D eigenvalue weighted by Gasteiger charge is 2.17. The Kier molecular flexibility index (Phi) is 3.74. The Bertz CT molecular complexity index is 612. The number of hydrogen-bond donors (Lipinski definition) is 1. The lowest BCUT2D eigenvalue weighted by molar-refractivity contribution is -0.119. The van der Waals surface area contributed by atoms with Crippen LogP contribution in [0.25, 0.3) is 10.9 Å². The molecule has 1 amide bonds. The molecule has 0 saturated carbocycles. The summed E-state index contributed by atoms with van der Waals surface area (Å²) in [6.45, 7) is 1.67. The molecule has 1 N–H and O–H groups in total. The van der Waals surface area contributed by atoms with Crippen molar-refractivity contribution in [2.24, 2.45) is 0 Å². The first kappa shape index (κ1) is 13.2. The van der Waals surface area contributed by atoms with E-state index in [1.165, 1.54) is 10.9 Å². The number of benzene rings is 1. The molecule has 1 saturated heterocycles. The number of aromatic nitrogens is 1. The maximum Gasteiger partial charge on any atom is 0.224 e. The number of hydrogen-bond acceptors (Lipinski definition) is 2. The number of rotatable bonds is 3. The van der Waals surface area contributed by atoms with E-state index in [-0.39, 0.29) is 5.91 Å². The van der Waals surface area contributed by atoms with Crippen LogP contribution in [0.5, 0.6) is 0 Å². The second-order valence-corrected chi connectivity index (χ2v) is 5.31. The fourth-order valence-electron chi connectivity index (χ4n) is 2.86. The lowest BCUT2D eigenvalue weighted by Gasteiger charge is -2.24. The molecule has 1 aromatic heterocycles. The predicted octanol–water partition coefficient (Wildman–Crippen LogP) is 2.28. The zero-order valence-corrected chi connectivity index (χ0v) is 11.8. The van der Waals surface area contributed by atoms with Crippen molar-refractivity contribution >= 4 is 16.8 Å². The van der Waals surface area contributed by atoms with Gasteiger partial charge in [0.25, 0.3) is 0 Å². The third-order valence-electron chi connectivity index (χ3n) is 4.02. The molecule has 4 nitrogen and oxygen atoms in total. The Morgan fingerprint density at radius 3 is 2.90 bits per heavy atom. The summed E-state index contributed by atoms with van der Waals surface area (Å²) in [6, 6.07) is 8.93. The molecule has 0 aliphatic carbocycles. The molecule has 0 unspecified atom stereocenters. The molecule has 0 bridgehead atoms. The van der Waals surface area contributed by atoms with E-state index < -0.39 is 0 Å². The van der Waals surface area contributed by atoms with Gasteiger partial charge in [0, 0.05) is 38.0 Å². The number of fused-ring (bicyclic) bond motifs is 1. The lowest BCUT2D eigenvalue weighted by Crippen LogP contribution is -2.20. The maximum atomic E-state index is 11.5. The van der Waals surface area contributed by atoms with E-state index in [1.807, 2.05) is 6.07 Å². The van der Waals surface area contributed by atoms with E-state index in [0.717, 1.165) is 31.6 Å². The van der Waals surface area contributed by atoms with Crippen LogP contribution in [0.15, 0.2) is 30.5 Å². The largest absolute Gasteiger partial charge is 0.381 e. The van der Waals surface area contributed by atoms with Crippen molar-refractivity contribution in [1.82, 2.24) is 9.88 Å². The molecule has 0 radical (unpaired) electrons. The Morgan fingerprint density at radius 2 is 2.15 bits per heavy atom. The number of nitrogens with zero attached hydrogens (tertiary/aromatic N) is 1. The molecule has 1 aliphatic rings. The molecule has 0 atom stereocenters. The van der Waals surface area contributed by atoms with Crippen LogP contribution in [-0.4, -0.2) is 30.7 Å². The van der Waals surface area contributed by atoms with Crippen molar-refractivity contribution in [3.8, 4) is 0 Å². The Labute approximate surface area is 118 Å². The Morgan fingerprint density at radius 1 is 1.35 bits per heavy atom. The first-order valence-corrected chi connectivity index (χ1v) is 7.16. The van der Waals surface area contributed by atoms with Gasteiger partial charge in [-0.2, -0.15) is 0 Å². The number of amides is 1. The van der Waals surface area contributed by atoms with Gasteiger partial charge in [-0.15, -0.1) is 0 Å². The van der Waals surface area contributed by atoms with E-state index in [9.17, 15) is 4.79 Å². The monoisotopic (exact) mass is 272 g/mol. The highest BCUT2D eigenvalue weighted by molar-refractivity contribution is 5.84. The number of carbonyl (C=O) groups is 1. The second-order valence-electron chi connectivity index (χ2n) is 5.31. The summed E-state index contributed by atoms with van der Waals surface area (Å²) in [6.07, 6.45) is 4.71. The highest BCUT2D eigenvalue weighted by atomic mass is 16.5. The van der Waals surface area contributed by atoms with Crippen LogP contribution in [-0.2, 0) is 16.0 Å². The zero-order chi connectivity index (χ0) is 13.9. The average molecular weight is 272 g/mol. The van der Waals surface area contributed by atoms with Gasteiger partial charge in [0.2, 0.25) is 5.91 Å². The molecule has 1 fully saturated rings. The normalized spacial score (nSPS) is 16.4. The van der Waals surface area contributed by atoms with E-state index in [0.29, 0.717) is 12.5 Å². The van der Waals surface area contributed by atoms with Gasteiger partial charge in [-0.1, -0.05) is 12.1 Å². The highest BCUT2D eigenvalue weighted by Crippen LogP contribution is 2.27. The molecule has 4 heteroatoms. The SMILES string of the molecule is CNC(=O)Cc1ccc2ccn(C3CCOCC3)c2c1. The minimum Gasteiger partial charge on any atom is -0.381 e. The number of likely N-dealkylation sites (N-methyl/N-ethyl adjacent to an activating group) is 1. The summed E-state index contributed by atoms with van der Waals surface area (Å²) in [7, 11) is 1.67. The molecule has 1 aliphatic heterocycles. The molecule has 3 rings (SSSR count). The van der Waals surface area contributed by atoms with Crippen molar-refractivity contribution in [2.75, 3.05) is 20.3 Å². The number of nitrogens with one attached hydrogen (secondary N) is 1. The quantitative estimate of drug-likeness (QED) is 0.931. The molecule has 1 aromatic carbocycles. The van der Waals surface area contributed by atoms with Crippen LogP contribution in [0.1, 0.15) is 24.4 Å². The number of ether oxygens (including phenoxy) is 1. The average Bonchev–Trinajstić information content (AvgIpc) is 2.91. The Balaban J connectivity index is 1.92. The first-order chi connectivity index (χ1) is 9.78. The van der Waals surface area contributed by atoms with Crippen molar-refractivity contribution in [1.29, 1.82) is 0 Å². The molecule has 2 aromatic rings. The van der Waals surface area contributed by atoms with Crippen LogP contribution in [0, 0.1) is 0 Å². The van der Waals surface area contributed by atoms with Crippen LogP contribution < -0.4 is 5.32 Å². The van der Waals surface area contributed by atoms with Crippen LogP contribution >= 0.6 is 0 Å². The smallest absolute Gasteiger partial charge is 0.224 e. The van der Waals surface area contributed by atoms with Crippen LogP contribution in [0.2, 0.25) is 0 Å². The maximum absolute atomic E-state index is 11.5. The summed E-state index contributed by atoms with van der Waals surface area (Å²) in [5.74, 6) is 0.0496. The van der Waals surface area contributed by atoms with Crippen LogP contribution in [0.3, 0.4) is 0 Å². The second kappa shape index (κ2) is 5.67. The molecule has 106 valence electrons. The van der Waals surface area contributed by atoms with E-state index in [1.54, 1.807) is 7.05 Å². The molecule has 20 heavy (non-hydrogen) atoms. The minimum atomic E-state index is 0.0496. The van der Waals surface area contributed by atoms with E-state index in [2.05, 4.69) is 34.3 Å². The van der Waals surface area contributed by atoms with Crippen LogP contribution in [0.4, 0.5) is 0 Å². The van der Waals surface area contributed by atoms with Gasteiger partial charge >= 0.3 is 0 Å². The minimum absolute atomic E-state index is 0.0496. The van der Waals surface area contributed by atoms with Gasteiger partial charge in [-0.05, 0) is 35.9 Å². The van der Waals surface area contributed by atoms with Crippen molar-refractivity contribution in [3.05, 3.63) is 36.0 Å². The summed E-state index contributed by atoms with van der Waals surface area (Å²) >= 11 is 0. The fraction of sp³-hybridized carbons (Fsp3) is 0.438. The van der Waals surface area contributed by atoms with Gasteiger partial charge in [0.1, 0.15) is 0 Å². The van der Waals surface area contributed by atoms with Crippen molar-refractivity contribution < 1.29 is 9.53 Å².